The average molecular weight is 703 g/mol. The van der Waals surface area contributed by atoms with Gasteiger partial charge in [0.25, 0.3) is 0 Å². The van der Waals surface area contributed by atoms with E-state index in [9.17, 15) is 16.8 Å². The molecule has 5 N–H and O–H groups in total. The Hall–Kier alpha value is -4.62. The lowest BCUT2D eigenvalue weighted by atomic mass is 10.1. The molecule has 6 aromatic rings. The third-order valence-corrected chi connectivity index (χ3v) is 12.3. The molecule has 0 aliphatic heterocycles. The van der Waals surface area contributed by atoms with Crippen LogP contribution in [0.4, 0.5) is 0 Å². The van der Waals surface area contributed by atoms with Crippen LogP contribution in [0.15, 0.2) is 105 Å². The number of H-pyrrole nitrogens is 1. The van der Waals surface area contributed by atoms with Crippen LogP contribution in [0.2, 0.25) is 0 Å². The molecule has 6 rings (SSSR count). The molecule has 49 heavy (non-hydrogen) atoms. The Labute approximate surface area is 287 Å². The molecule has 12 heteroatoms. The molecule has 258 valence electrons. The highest BCUT2D eigenvalue weighted by atomic mass is 32.2. The first-order chi connectivity index (χ1) is 23.4. The van der Waals surface area contributed by atoms with Crippen molar-refractivity contribution < 1.29 is 26.3 Å². The molecule has 0 saturated carbocycles. The number of sulfone groups is 2. The van der Waals surface area contributed by atoms with Crippen LogP contribution in [-0.2, 0) is 39.6 Å². The van der Waals surface area contributed by atoms with E-state index in [1.54, 1.807) is 66.7 Å². The molecule has 2 heterocycles. The van der Waals surface area contributed by atoms with Gasteiger partial charge in [0.15, 0.2) is 0 Å². The van der Waals surface area contributed by atoms with Gasteiger partial charge in [0.2, 0.25) is 19.7 Å². The lowest BCUT2D eigenvalue weighted by Crippen LogP contribution is -2.04. The molecule has 0 unspecified atom stereocenters. The minimum Gasteiger partial charge on any atom is -0.497 e. The van der Waals surface area contributed by atoms with Crippen molar-refractivity contribution in [2.24, 2.45) is 18.5 Å². The number of hydrogen-bond donors (Lipinski definition) is 3. The Bertz CT molecular complexity index is 2360. The van der Waals surface area contributed by atoms with Gasteiger partial charge >= 0.3 is 0 Å². The molecule has 0 spiro atoms. The van der Waals surface area contributed by atoms with Gasteiger partial charge in [-0.25, -0.2) is 16.8 Å². The van der Waals surface area contributed by atoms with Gasteiger partial charge in [0.1, 0.15) is 11.5 Å². The summed E-state index contributed by atoms with van der Waals surface area (Å²) in [7, 11) is -2.22. The number of nitrogens with one attached hydrogen (secondary N) is 1. The average Bonchev–Trinajstić information content (AvgIpc) is 3.55. The molecular weight excluding hydrogens is 661 g/mol. The highest BCUT2D eigenvalue weighted by Gasteiger charge is 2.22. The summed E-state index contributed by atoms with van der Waals surface area (Å²) in [5.41, 5.74) is 17.6. The van der Waals surface area contributed by atoms with Crippen LogP contribution >= 0.6 is 0 Å². The van der Waals surface area contributed by atoms with Crippen molar-refractivity contribution in [1.29, 1.82) is 0 Å². The lowest BCUT2D eigenvalue weighted by Gasteiger charge is -2.07. The first-order valence-corrected chi connectivity index (χ1v) is 18.7. The topological polar surface area (TPSA) is 160 Å². The summed E-state index contributed by atoms with van der Waals surface area (Å²) in [6, 6.07) is 23.4. The summed E-state index contributed by atoms with van der Waals surface area (Å²) < 4.78 is 64.2. The smallest absolute Gasteiger partial charge is 0.206 e. The van der Waals surface area contributed by atoms with E-state index in [0.717, 1.165) is 44.3 Å². The number of rotatable bonds is 10. The van der Waals surface area contributed by atoms with Crippen LogP contribution in [0.1, 0.15) is 22.5 Å². The number of ether oxygens (including phenoxy) is 2. The van der Waals surface area contributed by atoms with Crippen LogP contribution in [0.25, 0.3) is 21.8 Å². The molecule has 0 amide bonds. The minimum atomic E-state index is -3.62. The van der Waals surface area contributed by atoms with E-state index >= 15 is 0 Å². The maximum atomic E-state index is 13.0. The number of methoxy groups -OCH3 is 2. The fraction of sp³-hybridized carbons (Fsp3) is 0.243. The quantitative estimate of drug-likeness (QED) is 0.165. The van der Waals surface area contributed by atoms with E-state index in [4.69, 9.17) is 20.9 Å². The van der Waals surface area contributed by atoms with Gasteiger partial charge in [-0.1, -0.05) is 12.1 Å². The number of aromatic nitrogens is 2. The second-order valence-electron chi connectivity index (χ2n) is 11.7. The molecule has 0 aliphatic carbocycles. The van der Waals surface area contributed by atoms with Gasteiger partial charge in [0.05, 0.1) is 33.8 Å². The maximum absolute atomic E-state index is 13.0. The summed E-state index contributed by atoms with van der Waals surface area (Å²) in [6.45, 7) is 5.04. The molecule has 0 radical (unpaired) electrons. The van der Waals surface area contributed by atoms with Crippen LogP contribution in [0.3, 0.4) is 0 Å². The number of fused-ring (bicyclic) bond motifs is 2. The van der Waals surface area contributed by atoms with Crippen molar-refractivity contribution >= 4 is 41.5 Å². The lowest BCUT2D eigenvalue weighted by molar-refractivity contribution is 0.413. The molecular formula is C37H42N4O6S2. The Morgan fingerprint density at radius 3 is 1.67 bits per heavy atom. The molecule has 0 fully saturated rings. The highest BCUT2D eigenvalue weighted by molar-refractivity contribution is 7.91. The van der Waals surface area contributed by atoms with E-state index in [1.165, 1.54) is 26.4 Å². The molecule has 4 aromatic carbocycles. The Morgan fingerprint density at radius 1 is 0.653 bits per heavy atom. The fourth-order valence-corrected chi connectivity index (χ4v) is 8.70. The molecule has 10 nitrogen and oxygen atoms in total. The van der Waals surface area contributed by atoms with E-state index in [2.05, 4.69) is 9.55 Å². The van der Waals surface area contributed by atoms with Crippen molar-refractivity contribution in [3.05, 3.63) is 107 Å². The Kier molecular flexibility index (Phi) is 10.5. The van der Waals surface area contributed by atoms with Gasteiger partial charge < -0.3 is 30.5 Å². The van der Waals surface area contributed by atoms with E-state index in [0.29, 0.717) is 37.4 Å². The zero-order valence-electron chi connectivity index (χ0n) is 28.3. The largest absolute Gasteiger partial charge is 0.497 e. The molecule has 2 aromatic heterocycles. The second-order valence-corrected chi connectivity index (χ2v) is 15.6. The van der Waals surface area contributed by atoms with Gasteiger partial charge in [-0.15, -0.1) is 0 Å². The van der Waals surface area contributed by atoms with Crippen LogP contribution in [-0.4, -0.2) is 53.7 Å². The van der Waals surface area contributed by atoms with Crippen molar-refractivity contribution in [3.8, 4) is 11.5 Å². The number of benzene rings is 4. The van der Waals surface area contributed by atoms with E-state index in [-0.39, 0.29) is 19.6 Å². The van der Waals surface area contributed by atoms with Gasteiger partial charge in [-0.05, 0) is 124 Å². The molecule has 0 saturated heterocycles. The van der Waals surface area contributed by atoms with Gasteiger partial charge in [-0.2, -0.15) is 0 Å². The normalized spacial score (nSPS) is 11.8. The second kappa shape index (κ2) is 14.5. The SMILES string of the molecule is COc1cccc(S(=O)(=O)c2ccc3[nH]c(C)c(CCN)c3c2)c1.COc1cccc(S(=O)(=O)c2ccc3c(c2)c(CCN)c(C)n3C)c1. The number of hydrogen-bond acceptors (Lipinski definition) is 8. The van der Waals surface area contributed by atoms with E-state index < -0.39 is 19.7 Å². The highest BCUT2D eigenvalue weighted by Crippen LogP contribution is 2.32. The first kappa shape index (κ1) is 35.7. The van der Waals surface area contributed by atoms with Crippen molar-refractivity contribution in [2.45, 2.75) is 46.3 Å². The van der Waals surface area contributed by atoms with Gasteiger partial charge in [-0.3, -0.25) is 0 Å². The summed E-state index contributed by atoms with van der Waals surface area (Å²) in [5, 5.41) is 1.84. The molecule has 0 aliphatic rings. The summed E-state index contributed by atoms with van der Waals surface area (Å²) in [4.78, 5) is 4.26. The summed E-state index contributed by atoms with van der Waals surface area (Å²) in [6.07, 6.45) is 1.42. The van der Waals surface area contributed by atoms with Crippen molar-refractivity contribution in [3.63, 3.8) is 0 Å². The number of aryl methyl sites for hydroxylation is 2. The Morgan fingerprint density at radius 2 is 1.14 bits per heavy atom. The standard InChI is InChI=1S/C19H22N2O3S.C18H20N2O3S/c1-13-17(9-10-20)18-12-16(7-8-19(18)21(13)2)25(22,23)15-6-4-5-14(11-15)24-3;1-12-16(8-9-19)17-11-15(6-7-18(17)20-12)24(21,22)14-5-3-4-13(10-14)23-2/h4-8,11-12H,9-10,20H2,1-3H3;3-7,10-11,20H,8-9,19H2,1-2H3. The summed E-state index contributed by atoms with van der Waals surface area (Å²) >= 11 is 0. The van der Waals surface area contributed by atoms with Crippen molar-refractivity contribution in [2.75, 3.05) is 27.3 Å². The predicted molar refractivity (Wildman–Crippen MR) is 193 cm³/mol. The zero-order valence-corrected chi connectivity index (χ0v) is 29.9. The Balaban J connectivity index is 0.000000191. The van der Waals surface area contributed by atoms with Crippen molar-refractivity contribution in [1.82, 2.24) is 9.55 Å². The third-order valence-electron chi connectivity index (χ3n) is 8.80. The summed E-state index contributed by atoms with van der Waals surface area (Å²) in [5.74, 6) is 1.03. The molecule has 0 atom stereocenters. The van der Waals surface area contributed by atoms with Gasteiger partial charge in [0, 0.05) is 40.2 Å². The first-order valence-electron chi connectivity index (χ1n) is 15.7. The fourth-order valence-electron chi connectivity index (χ4n) is 6.06. The van der Waals surface area contributed by atoms with Crippen LogP contribution < -0.4 is 20.9 Å². The zero-order chi connectivity index (χ0) is 35.5. The molecule has 0 bridgehead atoms. The number of nitrogens with two attached hydrogens (primary N) is 2. The predicted octanol–water partition coefficient (Wildman–Crippen LogP) is 5.65. The van der Waals surface area contributed by atoms with Crippen LogP contribution in [0, 0.1) is 13.8 Å². The third kappa shape index (κ3) is 6.95. The number of aromatic amines is 1. The van der Waals surface area contributed by atoms with Crippen LogP contribution in [0.5, 0.6) is 11.5 Å². The minimum absolute atomic E-state index is 0.217. The van der Waals surface area contributed by atoms with E-state index in [1.807, 2.05) is 27.0 Å². The number of nitrogens with zero attached hydrogens (tertiary/aromatic N) is 1. The maximum Gasteiger partial charge on any atom is 0.206 e. The monoisotopic (exact) mass is 702 g/mol.